The summed E-state index contributed by atoms with van der Waals surface area (Å²) in [6.07, 6.45) is -2.92. The van der Waals surface area contributed by atoms with Crippen molar-refractivity contribution in [1.29, 1.82) is 0 Å². The van der Waals surface area contributed by atoms with Crippen LogP contribution in [-0.2, 0) is 13.1 Å². The molecule has 2 aromatic rings. The molecule has 1 aromatic carbocycles. The standard InChI is InChI=1S/C19H23F3N4O/c1-3-23-18(26-12-16-7-5-4-6-14(16)2)25-11-15-8-9-17(24-10-15)27-13-19(20,21)22/h4-10H,3,11-13H2,1-2H3,(H2,23,25,26). The first kappa shape index (κ1) is 20.5. The number of ether oxygens (including phenoxy) is 1. The number of nitrogens with zero attached hydrogens (tertiary/aromatic N) is 2. The largest absolute Gasteiger partial charge is 0.468 e. The molecular weight excluding hydrogens is 357 g/mol. The van der Waals surface area contributed by atoms with Crippen LogP contribution in [0.3, 0.4) is 0 Å². The Morgan fingerprint density at radius 3 is 2.56 bits per heavy atom. The maximum absolute atomic E-state index is 12.1. The molecule has 8 heteroatoms. The van der Waals surface area contributed by atoms with Crippen LogP contribution in [0.2, 0.25) is 0 Å². The van der Waals surface area contributed by atoms with Crippen LogP contribution in [0, 0.1) is 6.92 Å². The van der Waals surface area contributed by atoms with Gasteiger partial charge >= 0.3 is 6.18 Å². The molecule has 0 spiro atoms. The summed E-state index contributed by atoms with van der Waals surface area (Å²) < 4.78 is 41.0. The van der Waals surface area contributed by atoms with Gasteiger partial charge in [0, 0.05) is 25.4 Å². The van der Waals surface area contributed by atoms with Crippen LogP contribution in [0.5, 0.6) is 5.88 Å². The average Bonchev–Trinajstić information content (AvgIpc) is 2.64. The molecule has 2 N–H and O–H groups in total. The van der Waals surface area contributed by atoms with E-state index in [1.807, 2.05) is 19.1 Å². The number of aryl methyl sites for hydroxylation is 1. The minimum absolute atomic E-state index is 0.0651. The van der Waals surface area contributed by atoms with Gasteiger partial charge in [-0.1, -0.05) is 30.3 Å². The normalized spacial score (nSPS) is 12.0. The molecule has 0 unspecified atom stereocenters. The number of hydrogen-bond acceptors (Lipinski definition) is 3. The number of rotatable bonds is 7. The van der Waals surface area contributed by atoms with Crippen LogP contribution in [0.1, 0.15) is 23.6 Å². The van der Waals surface area contributed by atoms with Crippen molar-refractivity contribution in [3.05, 3.63) is 59.3 Å². The Labute approximate surface area is 156 Å². The van der Waals surface area contributed by atoms with Gasteiger partial charge in [0.1, 0.15) is 0 Å². The van der Waals surface area contributed by atoms with Crippen molar-refractivity contribution in [2.75, 3.05) is 13.2 Å². The SMILES string of the molecule is CCNC(=NCc1ccc(OCC(F)(F)F)nc1)NCc1ccccc1C. The maximum atomic E-state index is 12.1. The van der Waals surface area contributed by atoms with Crippen molar-refractivity contribution in [1.82, 2.24) is 15.6 Å². The molecule has 1 heterocycles. The second kappa shape index (κ2) is 9.80. The first-order valence-corrected chi connectivity index (χ1v) is 8.58. The molecule has 146 valence electrons. The lowest BCUT2D eigenvalue weighted by molar-refractivity contribution is -0.154. The highest BCUT2D eigenvalue weighted by Crippen LogP contribution is 2.17. The highest BCUT2D eigenvalue weighted by atomic mass is 19.4. The van der Waals surface area contributed by atoms with Crippen LogP contribution in [0.15, 0.2) is 47.6 Å². The van der Waals surface area contributed by atoms with Crippen molar-refractivity contribution in [2.45, 2.75) is 33.1 Å². The second-order valence-corrected chi connectivity index (χ2v) is 5.88. The van der Waals surface area contributed by atoms with Crippen molar-refractivity contribution in [3.63, 3.8) is 0 Å². The molecule has 0 atom stereocenters. The molecule has 2 rings (SSSR count). The van der Waals surface area contributed by atoms with E-state index in [4.69, 9.17) is 0 Å². The quantitative estimate of drug-likeness (QED) is 0.569. The molecule has 0 bridgehead atoms. The van der Waals surface area contributed by atoms with E-state index in [9.17, 15) is 13.2 Å². The van der Waals surface area contributed by atoms with E-state index in [2.05, 4.69) is 44.4 Å². The summed E-state index contributed by atoms with van der Waals surface area (Å²) in [7, 11) is 0. The van der Waals surface area contributed by atoms with Gasteiger partial charge in [0.25, 0.3) is 0 Å². The number of halogens is 3. The van der Waals surface area contributed by atoms with Crippen molar-refractivity contribution < 1.29 is 17.9 Å². The Hall–Kier alpha value is -2.77. The zero-order valence-corrected chi connectivity index (χ0v) is 15.3. The number of pyridine rings is 1. The maximum Gasteiger partial charge on any atom is 0.422 e. The van der Waals surface area contributed by atoms with Gasteiger partial charge in [0.2, 0.25) is 5.88 Å². The fraction of sp³-hybridized carbons (Fsp3) is 0.368. The van der Waals surface area contributed by atoms with E-state index >= 15 is 0 Å². The lowest BCUT2D eigenvalue weighted by atomic mass is 10.1. The summed E-state index contributed by atoms with van der Waals surface area (Å²) in [6, 6.07) is 11.1. The first-order chi connectivity index (χ1) is 12.9. The Balaban J connectivity index is 1.92. The van der Waals surface area contributed by atoms with Crippen molar-refractivity contribution in [3.8, 4) is 5.88 Å². The highest BCUT2D eigenvalue weighted by Gasteiger charge is 2.28. The van der Waals surface area contributed by atoms with Gasteiger partial charge in [0.15, 0.2) is 12.6 Å². The Morgan fingerprint density at radius 2 is 1.93 bits per heavy atom. The molecule has 0 amide bonds. The van der Waals surface area contributed by atoms with Crippen LogP contribution in [-0.4, -0.2) is 30.3 Å². The number of hydrogen-bond donors (Lipinski definition) is 2. The first-order valence-electron chi connectivity index (χ1n) is 8.58. The number of benzene rings is 1. The zero-order chi connectivity index (χ0) is 19.7. The van der Waals surface area contributed by atoms with E-state index in [1.165, 1.54) is 23.4 Å². The summed E-state index contributed by atoms with van der Waals surface area (Å²) in [4.78, 5) is 8.36. The van der Waals surface area contributed by atoms with E-state index in [0.717, 1.165) is 5.56 Å². The zero-order valence-electron chi connectivity index (χ0n) is 15.3. The molecular formula is C19H23F3N4O. The number of aromatic nitrogens is 1. The molecule has 0 saturated heterocycles. The summed E-state index contributed by atoms with van der Waals surface area (Å²) >= 11 is 0. The van der Waals surface area contributed by atoms with Gasteiger partial charge in [-0.05, 0) is 30.5 Å². The third-order valence-electron chi connectivity index (χ3n) is 3.65. The fourth-order valence-electron chi connectivity index (χ4n) is 2.25. The highest BCUT2D eigenvalue weighted by molar-refractivity contribution is 5.79. The number of guanidine groups is 1. The van der Waals surface area contributed by atoms with Gasteiger partial charge in [-0.3, -0.25) is 0 Å². The molecule has 0 aliphatic carbocycles. The van der Waals surface area contributed by atoms with Gasteiger partial charge in [-0.15, -0.1) is 0 Å². The predicted molar refractivity (Wildman–Crippen MR) is 98.6 cm³/mol. The number of aliphatic imine (C=N–C) groups is 1. The number of alkyl halides is 3. The van der Waals surface area contributed by atoms with E-state index < -0.39 is 12.8 Å². The summed E-state index contributed by atoms with van der Waals surface area (Å²) in [5, 5.41) is 6.42. The van der Waals surface area contributed by atoms with Crippen molar-refractivity contribution in [2.24, 2.45) is 4.99 Å². The molecule has 1 aromatic heterocycles. The van der Waals surface area contributed by atoms with E-state index in [0.29, 0.717) is 25.6 Å². The van der Waals surface area contributed by atoms with E-state index in [1.54, 1.807) is 6.07 Å². The van der Waals surface area contributed by atoms with Crippen LogP contribution in [0.4, 0.5) is 13.2 Å². The summed E-state index contributed by atoms with van der Waals surface area (Å²) in [5.41, 5.74) is 3.14. The molecule has 0 radical (unpaired) electrons. The lowest BCUT2D eigenvalue weighted by Gasteiger charge is -2.13. The van der Waals surface area contributed by atoms with Gasteiger partial charge in [-0.25, -0.2) is 9.98 Å². The average molecular weight is 380 g/mol. The Morgan fingerprint density at radius 1 is 1.15 bits per heavy atom. The molecule has 0 saturated carbocycles. The van der Waals surface area contributed by atoms with Gasteiger partial charge in [0.05, 0.1) is 6.54 Å². The molecule has 0 aliphatic rings. The monoisotopic (exact) mass is 380 g/mol. The van der Waals surface area contributed by atoms with Crippen molar-refractivity contribution >= 4 is 5.96 Å². The predicted octanol–water partition coefficient (Wildman–Crippen LogP) is 3.59. The van der Waals surface area contributed by atoms with Crippen LogP contribution < -0.4 is 15.4 Å². The van der Waals surface area contributed by atoms with Crippen LogP contribution in [0.25, 0.3) is 0 Å². The van der Waals surface area contributed by atoms with E-state index in [-0.39, 0.29) is 5.88 Å². The Bertz CT molecular complexity index is 745. The third-order valence-corrected chi connectivity index (χ3v) is 3.65. The number of nitrogens with one attached hydrogen (secondary N) is 2. The Kier molecular flexibility index (Phi) is 7.45. The topological polar surface area (TPSA) is 58.5 Å². The van der Waals surface area contributed by atoms with Gasteiger partial charge in [-0.2, -0.15) is 13.2 Å². The third kappa shape index (κ3) is 7.55. The summed E-state index contributed by atoms with van der Waals surface area (Å²) in [6.45, 7) is 4.36. The molecule has 0 aliphatic heterocycles. The smallest absolute Gasteiger partial charge is 0.422 e. The minimum Gasteiger partial charge on any atom is -0.468 e. The second-order valence-electron chi connectivity index (χ2n) is 5.88. The molecule has 0 fully saturated rings. The summed E-state index contributed by atoms with van der Waals surface area (Å²) in [5.74, 6) is 0.586. The fourth-order valence-corrected chi connectivity index (χ4v) is 2.25. The molecule has 5 nitrogen and oxygen atoms in total. The minimum atomic E-state index is -4.38. The lowest BCUT2D eigenvalue weighted by Crippen LogP contribution is -2.36. The van der Waals surface area contributed by atoms with Gasteiger partial charge < -0.3 is 15.4 Å². The van der Waals surface area contributed by atoms with Crippen LogP contribution >= 0.6 is 0 Å². The molecule has 27 heavy (non-hydrogen) atoms.